The van der Waals surface area contributed by atoms with E-state index >= 15 is 0 Å². The summed E-state index contributed by atoms with van der Waals surface area (Å²) in [6, 6.07) is 4.13. The monoisotopic (exact) mass is 224 g/mol. The van der Waals surface area contributed by atoms with Gasteiger partial charge in [-0.3, -0.25) is 0 Å². The molecule has 3 heteroatoms. The van der Waals surface area contributed by atoms with E-state index in [1.165, 1.54) is 4.88 Å². The number of hydrogen-bond donors (Lipinski definition) is 0. The molecule has 0 aliphatic rings. The van der Waals surface area contributed by atoms with Crippen LogP contribution in [-0.4, -0.2) is 12.6 Å². The third kappa shape index (κ3) is 3.51. The number of hydrogen-bond acceptors (Lipinski definition) is 3. The third-order valence-corrected chi connectivity index (χ3v) is 3.16. The van der Waals surface area contributed by atoms with Crippen LogP contribution in [0.5, 0.6) is 0 Å². The van der Waals surface area contributed by atoms with Gasteiger partial charge in [0.1, 0.15) is 0 Å². The average Bonchev–Trinajstić information content (AvgIpc) is 2.66. The molecule has 0 spiro atoms. The van der Waals surface area contributed by atoms with Gasteiger partial charge in [0.05, 0.1) is 6.61 Å². The van der Waals surface area contributed by atoms with Crippen LogP contribution in [0, 0.1) is 0 Å². The number of carbonyl (C=O) groups excluding carboxylic acids is 1. The van der Waals surface area contributed by atoms with Crippen molar-refractivity contribution in [2.45, 2.75) is 27.2 Å². The highest BCUT2D eigenvalue weighted by Crippen LogP contribution is 2.19. The number of thiophene rings is 1. The average molecular weight is 224 g/mol. The highest BCUT2D eigenvalue weighted by atomic mass is 32.1. The quantitative estimate of drug-likeness (QED) is 0.579. The number of aryl methyl sites for hydroxylation is 1. The molecule has 0 bridgehead atoms. The molecule has 0 radical (unpaired) electrons. The molecule has 0 fully saturated rings. The van der Waals surface area contributed by atoms with Crippen LogP contribution in [0.15, 0.2) is 17.7 Å². The van der Waals surface area contributed by atoms with E-state index in [1.54, 1.807) is 18.3 Å². The highest BCUT2D eigenvalue weighted by Gasteiger charge is 2.05. The molecule has 82 valence electrons. The van der Waals surface area contributed by atoms with Crippen molar-refractivity contribution in [2.75, 3.05) is 6.61 Å². The molecule has 1 aromatic heterocycles. The minimum Gasteiger partial charge on any atom is -0.463 e. The van der Waals surface area contributed by atoms with E-state index in [9.17, 15) is 4.79 Å². The molecule has 0 atom stereocenters. The van der Waals surface area contributed by atoms with Crippen LogP contribution < -0.4 is 0 Å². The van der Waals surface area contributed by atoms with E-state index in [4.69, 9.17) is 4.74 Å². The lowest BCUT2D eigenvalue weighted by atomic mass is 10.2. The van der Waals surface area contributed by atoms with Crippen LogP contribution >= 0.6 is 11.3 Å². The molecular weight excluding hydrogens is 208 g/mol. The summed E-state index contributed by atoms with van der Waals surface area (Å²) < 4.78 is 4.91. The van der Waals surface area contributed by atoms with Gasteiger partial charge in [-0.1, -0.05) is 6.92 Å². The summed E-state index contributed by atoms with van der Waals surface area (Å²) in [5, 5.41) is 0. The molecule has 0 amide bonds. The fourth-order valence-corrected chi connectivity index (χ4v) is 2.13. The van der Waals surface area contributed by atoms with Crippen LogP contribution in [0.2, 0.25) is 0 Å². The maximum atomic E-state index is 11.3. The Bertz CT molecular complexity index is 363. The first-order valence-corrected chi connectivity index (χ1v) is 5.93. The Morgan fingerprint density at radius 1 is 1.47 bits per heavy atom. The van der Waals surface area contributed by atoms with Crippen LogP contribution in [-0.2, 0) is 16.0 Å². The largest absolute Gasteiger partial charge is 0.463 e. The standard InChI is InChI=1S/C12H16O2S/c1-4-10-6-7-11(15-10)8-9(3)12(13)14-5-2/h6-8H,4-5H2,1-3H3/b9-8+. The summed E-state index contributed by atoms with van der Waals surface area (Å²) in [5.74, 6) is -0.232. The maximum Gasteiger partial charge on any atom is 0.333 e. The third-order valence-electron chi connectivity index (χ3n) is 1.99. The van der Waals surface area contributed by atoms with Gasteiger partial charge in [-0.2, -0.15) is 0 Å². The molecule has 0 saturated carbocycles. The van der Waals surface area contributed by atoms with Crippen molar-refractivity contribution in [3.63, 3.8) is 0 Å². The summed E-state index contributed by atoms with van der Waals surface area (Å²) in [5.41, 5.74) is 0.654. The van der Waals surface area contributed by atoms with E-state index in [-0.39, 0.29) is 5.97 Å². The maximum absolute atomic E-state index is 11.3. The van der Waals surface area contributed by atoms with Gasteiger partial charge in [0, 0.05) is 15.3 Å². The molecule has 1 heterocycles. The Balaban J connectivity index is 2.73. The van der Waals surface area contributed by atoms with Gasteiger partial charge >= 0.3 is 5.97 Å². The van der Waals surface area contributed by atoms with Gasteiger partial charge < -0.3 is 4.74 Å². The van der Waals surface area contributed by atoms with Crippen LogP contribution in [0.25, 0.3) is 6.08 Å². The van der Waals surface area contributed by atoms with Crippen molar-refractivity contribution >= 4 is 23.4 Å². The Kier molecular flexibility index (Phi) is 4.56. The molecule has 1 aromatic rings. The summed E-state index contributed by atoms with van der Waals surface area (Å²) in [4.78, 5) is 13.8. The van der Waals surface area contributed by atoms with Crippen LogP contribution in [0.1, 0.15) is 30.5 Å². The van der Waals surface area contributed by atoms with E-state index in [1.807, 2.05) is 19.1 Å². The Labute approximate surface area is 94.6 Å². The van der Waals surface area contributed by atoms with Crippen molar-refractivity contribution in [3.05, 3.63) is 27.5 Å². The Morgan fingerprint density at radius 3 is 2.73 bits per heavy atom. The van der Waals surface area contributed by atoms with Crippen molar-refractivity contribution in [3.8, 4) is 0 Å². The lowest BCUT2D eigenvalue weighted by Gasteiger charge is -1.99. The summed E-state index contributed by atoms with van der Waals surface area (Å²) in [7, 11) is 0. The summed E-state index contributed by atoms with van der Waals surface area (Å²) in [6.45, 7) is 6.14. The molecule has 0 aromatic carbocycles. The number of rotatable bonds is 4. The second-order valence-corrected chi connectivity index (χ2v) is 4.41. The minimum absolute atomic E-state index is 0.232. The fraction of sp³-hybridized carbons (Fsp3) is 0.417. The fourth-order valence-electron chi connectivity index (χ4n) is 1.18. The van der Waals surface area contributed by atoms with E-state index < -0.39 is 0 Å². The molecule has 1 rings (SSSR count). The molecule has 0 N–H and O–H groups in total. The molecular formula is C12H16O2S. The van der Waals surface area contributed by atoms with E-state index in [2.05, 4.69) is 13.0 Å². The first kappa shape index (κ1) is 12.0. The predicted molar refractivity (Wildman–Crippen MR) is 64.0 cm³/mol. The van der Waals surface area contributed by atoms with Crippen molar-refractivity contribution in [1.82, 2.24) is 0 Å². The number of carbonyl (C=O) groups is 1. The van der Waals surface area contributed by atoms with Crippen LogP contribution in [0.3, 0.4) is 0 Å². The summed E-state index contributed by atoms with van der Waals surface area (Å²) in [6.07, 6.45) is 2.92. The normalized spacial score (nSPS) is 11.5. The second kappa shape index (κ2) is 5.71. The molecule has 2 nitrogen and oxygen atoms in total. The van der Waals surface area contributed by atoms with Crippen molar-refractivity contribution in [1.29, 1.82) is 0 Å². The highest BCUT2D eigenvalue weighted by molar-refractivity contribution is 7.12. The van der Waals surface area contributed by atoms with E-state index in [0.717, 1.165) is 11.3 Å². The van der Waals surface area contributed by atoms with Gasteiger partial charge in [0.15, 0.2) is 0 Å². The molecule has 0 unspecified atom stereocenters. The lowest BCUT2D eigenvalue weighted by Crippen LogP contribution is -2.04. The topological polar surface area (TPSA) is 26.3 Å². The SMILES string of the molecule is CCOC(=O)/C(C)=C/c1ccc(CC)s1. The zero-order valence-corrected chi connectivity index (χ0v) is 10.2. The van der Waals surface area contributed by atoms with E-state index in [0.29, 0.717) is 12.2 Å². The van der Waals surface area contributed by atoms with Gasteiger partial charge in [0.25, 0.3) is 0 Å². The molecule has 0 saturated heterocycles. The van der Waals surface area contributed by atoms with Crippen molar-refractivity contribution < 1.29 is 9.53 Å². The first-order valence-electron chi connectivity index (χ1n) is 5.11. The minimum atomic E-state index is -0.232. The number of ether oxygens (including phenoxy) is 1. The first-order chi connectivity index (χ1) is 7.17. The molecule has 15 heavy (non-hydrogen) atoms. The van der Waals surface area contributed by atoms with Gasteiger partial charge in [-0.25, -0.2) is 4.79 Å². The van der Waals surface area contributed by atoms with Gasteiger partial charge in [-0.15, -0.1) is 11.3 Å². The Morgan fingerprint density at radius 2 is 2.20 bits per heavy atom. The summed E-state index contributed by atoms with van der Waals surface area (Å²) >= 11 is 1.71. The molecule has 0 aliphatic heterocycles. The zero-order valence-electron chi connectivity index (χ0n) is 9.37. The predicted octanol–water partition coefficient (Wildman–Crippen LogP) is 3.28. The molecule has 0 aliphatic carbocycles. The lowest BCUT2D eigenvalue weighted by molar-refractivity contribution is -0.138. The van der Waals surface area contributed by atoms with Crippen LogP contribution in [0.4, 0.5) is 0 Å². The second-order valence-electron chi connectivity index (χ2n) is 3.21. The van der Waals surface area contributed by atoms with Gasteiger partial charge in [-0.05, 0) is 38.5 Å². The Hall–Kier alpha value is -1.09. The van der Waals surface area contributed by atoms with Gasteiger partial charge in [0.2, 0.25) is 0 Å². The smallest absolute Gasteiger partial charge is 0.333 e. The van der Waals surface area contributed by atoms with Crippen molar-refractivity contribution in [2.24, 2.45) is 0 Å². The number of esters is 1. The zero-order chi connectivity index (χ0) is 11.3.